The van der Waals surface area contributed by atoms with E-state index in [1.54, 1.807) is 7.11 Å². The van der Waals surface area contributed by atoms with Gasteiger partial charge in [-0.1, -0.05) is 87.5 Å². The Morgan fingerprint density at radius 3 is 2.03 bits per heavy atom. The summed E-state index contributed by atoms with van der Waals surface area (Å²) in [7, 11) is 1.76. The quantitative estimate of drug-likeness (QED) is 0.396. The Bertz CT molecular complexity index is 1120. The van der Waals surface area contributed by atoms with Crippen LogP contribution in [0.1, 0.15) is 61.8 Å². The van der Waals surface area contributed by atoms with Crippen LogP contribution in [0, 0.1) is 5.92 Å². The molecule has 182 valence electrons. The highest BCUT2D eigenvalue weighted by Gasteiger charge is 2.43. The predicted octanol–water partition coefficient (Wildman–Crippen LogP) is 6.86. The molecule has 0 unspecified atom stereocenters. The number of nitrogens with zero attached hydrogens (tertiary/aromatic N) is 2. The van der Waals surface area contributed by atoms with Crippen LogP contribution in [0.5, 0.6) is 5.75 Å². The highest BCUT2D eigenvalue weighted by molar-refractivity contribution is 5.94. The van der Waals surface area contributed by atoms with Crippen molar-refractivity contribution in [2.24, 2.45) is 10.9 Å². The fourth-order valence-electron chi connectivity index (χ4n) is 5.93. The first kappa shape index (κ1) is 23.8. The van der Waals surface area contributed by atoms with Gasteiger partial charge in [0.15, 0.2) is 0 Å². The van der Waals surface area contributed by atoms with E-state index in [1.807, 2.05) is 0 Å². The first-order chi connectivity index (χ1) is 17.0. The van der Waals surface area contributed by atoms with Gasteiger partial charge in [-0.15, -0.1) is 0 Å². The van der Waals surface area contributed by atoms with E-state index in [2.05, 4.69) is 105 Å². The van der Waals surface area contributed by atoms with Crippen molar-refractivity contribution >= 4 is 5.71 Å². The van der Waals surface area contributed by atoms with E-state index in [-0.39, 0.29) is 11.3 Å². The van der Waals surface area contributed by atoms with Crippen LogP contribution in [0.4, 0.5) is 0 Å². The van der Waals surface area contributed by atoms with Gasteiger partial charge in [-0.2, -0.15) is 0 Å². The molecule has 3 heterocycles. The fourth-order valence-corrected chi connectivity index (χ4v) is 5.93. The topological polar surface area (TPSA) is 24.8 Å². The van der Waals surface area contributed by atoms with Crippen molar-refractivity contribution in [1.82, 2.24) is 4.90 Å². The molecule has 0 N–H and O–H groups in total. The zero-order chi connectivity index (χ0) is 24.4. The van der Waals surface area contributed by atoms with Crippen LogP contribution in [0.2, 0.25) is 0 Å². The Hall–Kier alpha value is -2.91. The standard InChI is InChI=1S/C32H38N2O/c1-32(2,3)27-15-16-28(35-4)26(21-27)22-33-30-25-17-19-34(20-18-25)31(30)29(23-11-7-5-8-12-23)24-13-9-6-10-14-24/h5-16,21,25,29,31H,17-20,22H2,1-4H3/t31-/m1/s1. The summed E-state index contributed by atoms with van der Waals surface area (Å²) in [5.74, 6) is 1.78. The van der Waals surface area contributed by atoms with E-state index >= 15 is 0 Å². The Labute approximate surface area is 210 Å². The van der Waals surface area contributed by atoms with Gasteiger partial charge in [-0.25, -0.2) is 0 Å². The number of aliphatic imine (C=N–C) groups is 1. The molecule has 3 heteroatoms. The van der Waals surface area contributed by atoms with Crippen molar-refractivity contribution in [3.05, 3.63) is 101 Å². The summed E-state index contributed by atoms with van der Waals surface area (Å²) in [6.45, 7) is 9.77. The number of ether oxygens (including phenoxy) is 1. The molecule has 2 bridgehead atoms. The van der Waals surface area contributed by atoms with Crippen LogP contribution < -0.4 is 4.74 Å². The van der Waals surface area contributed by atoms with Crippen LogP contribution >= 0.6 is 0 Å². The van der Waals surface area contributed by atoms with Crippen LogP contribution in [-0.4, -0.2) is 36.9 Å². The van der Waals surface area contributed by atoms with Crippen molar-refractivity contribution in [3.63, 3.8) is 0 Å². The van der Waals surface area contributed by atoms with Crippen LogP contribution in [0.3, 0.4) is 0 Å². The normalized spacial score (nSPS) is 23.1. The third-order valence-electron chi connectivity index (χ3n) is 7.86. The highest BCUT2D eigenvalue weighted by Crippen LogP contribution is 2.41. The molecule has 0 aromatic heterocycles. The number of methoxy groups -OCH3 is 1. The van der Waals surface area contributed by atoms with Gasteiger partial charge in [0, 0.05) is 23.1 Å². The average molecular weight is 467 g/mol. The second-order valence-corrected chi connectivity index (χ2v) is 11.1. The lowest BCUT2D eigenvalue weighted by molar-refractivity contribution is 0.135. The lowest BCUT2D eigenvalue weighted by Gasteiger charge is -2.49. The maximum Gasteiger partial charge on any atom is 0.123 e. The minimum atomic E-state index is 0.0953. The zero-order valence-electron chi connectivity index (χ0n) is 21.6. The molecule has 6 rings (SSSR count). The van der Waals surface area contributed by atoms with Crippen LogP contribution in [0.25, 0.3) is 0 Å². The molecular formula is C32H38N2O. The molecule has 1 atom stereocenters. The van der Waals surface area contributed by atoms with Gasteiger partial charge in [-0.05, 0) is 60.2 Å². The maximum absolute atomic E-state index is 5.75. The number of fused-ring (bicyclic) bond motifs is 3. The fraction of sp³-hybridized carbons (Fsp3) is 0.406. The summed E-state index contributed by atoms with van der Waals surface area (Å²) in [5.41, 5.74) is 6.72. The van der Waals surface area contributed by atoms with E-state index in [1.165, 1.54) is 40.8 Å². The third-order valence-corrected chi connectivity index (χ3v) is 7.86. The number of benzene rings is 3. The van der Waals surface area contributed by atoms with E-state index in [4.69, 9.17) is 9.73 Å². The van der Waals surface area contributed by atoms with Crippen LogP contribution in [0.15, 0.2) is 83.9 Å². The Kier molecular flexibility index (Phi) is 6.80. The monoisotopic (exact) mass is 466 g/mol. The van der Waals surface area contributed by atoms with E-state index in [0.717, 1.165) is 18.8 Å². The predicted molar refractivity (Wildman–Crippen MR) is 146 cm³/mol. The smallest absolute Gasteiger partial charge is 0.123 e. The molecule has 0 aliphatic carbocycles. The molecule has 3 saturated heterocycles. The van der Waals surface area contributed by atoms with Crippen molar-refractivity contribution < 1.29 is 4.74 Å². The van der Waals surface area contributed by atoms with Crippen molar-refractivity contribution in [2.75, 3.05) is 20.2 Å². The molecule has 0 amide bonds. The SMILES string of the molecule is COc1ccc(C(C)(C)C)cc1CN=C1C2CCN(CC2)[C@@H]1C(c1ccccc1)c1ccccc1. The van der Waals surface area contributed by atoms with Gasteiger partial charge in [-0.3, -0.25) is 9.89 Å². The summed E-state index contributed by atoms with van der Waals surface area (Å²) < 4.78 is 5.75. The molecule has 3 nitrogen and oxygen atoms in total. The van der Waals surface area contributed by atoms with Crippen molar-refractivity contribution in [2.45, 2.75) is 57.5 Å². The van der Waals surface area contributed by atoms with Gasteiger partial charge in [0.05, 0.1) is 19.7 Å². The van der Waals surface area contributed by atoms with E-state index in [0.29, 0.717) is 18.5 Å². The summed E-state index contributed by atoms with van der Waals surface area (Å²) in [5, 5.41) is 0. The summed E-state index contributed by atoms with van der Waals surface area (Å²) >= 11 is 0. The van der Waals surface area contributed by atoms with E-state index < -0.39 is 0 Å². The van der Waals surface area contributed by atoms with Gasteiger partial charge in [0.2, 0.25) is 0 Å². The Morgan fingerprint density at radius 1 is 0.886 bits per heavy atom. The third kappa shape index (κ3) is 4.92. The van der Waals surface area contributed by atoms with Crippen molar-refractivity contribution in [3.8, 4) is 5.75 Å². The van der Waals surface area contributed by atoms with Gasteiger partial charge >= 0.3 is 0 Å². The first-order valence-corrected chi connectivity index (χ1v) is 13.0. The first-order valence-electron chi connectivity index (χ1n) is 13.0. The average Bonchev–Trinajstić information content (AvgIpc) is 2.89. The molecule has 3 aromatic rings. The second kappa shape index (κ2) is 9.99. The van der Waals surface area contributed by atoms with Crippen molar-refractivity contribution in [1.29, 1.82) is 0 Å². The number of hydrogen-bond donors (Lipinski definition) is 0. The number of hydrogen-bond acceptors (Lipinski definition) is 3. The number of piperidine rings is 3. The molecule has 3 fully saturated rings. The lowest BCUT2D eigenvalue weighted by atomic mass is 9.72. The summed E-state index contributed by atoms with van der Waals surface area (Å²) in [6, 6.07) is 28.9. The molecule has 0 saturated carbocycles. The molecule has 0 spiro atoms. The summed E-state index contributed by atoms with van der Waals surface area (Å²) in [6.07, 6.45) is 2.43. The van der Waals surface area contributed by atoms with Crippen LogP contribution in [-0.2, 0) is 12.0 Å². The molecule has 0 radical (unpaired) electrons. The summed E-state index contributed by atoms with van der Waals surface area (Å²) in [4.78, 5) is 8.10. The minimum Gasteiger partial charge on any atom is -0.496 e. The highest BCUT2D eigenvalue weighted by atomic mass is 16.5. The molecular weight excluding hydrogens is 428 g/mol. The van der Waals surface area contributed by atoms with Gasteiger partial charge in [0.1, 0.15) is 5.75 Å². The second-order valence-electron chi connectivity index (χ2n) is 11.1. The minimum absolute atomic E-state index is 0.0953. The zero-order valence-corrected chi connectivity index (χ0v) is 21.6. The Morgan fingerprint density at radius 2 is 1.49 bits per heavy atom. The van der Waals surface area contributed by atoms with Gasteiger partial charge < -0.3 is 4.74 Å². The van der Waals surface area contributed by atoms with E-state index in [9.17, 15) is 0 Å². The Balaban J connectivity index is 1.56. The molecule has 3 aromatic carbocycles. The molecule has 3 aliphatic heterocycles. The lowest BCUT2D eigenvalue weighted by Crippen LogP contribution is -2.58. The molecule has 35 heavy (non-hydrogen) atoms. The largest absolute Gasteiger partial charge is 0.496 e. The maximum atomic E-state index is 5.75. The van der Waals surface area contributed by atoms with Gasteiger partial charge in [0.25, 0.3) is 0 Å². The number of rotatable bonds is 6. The molecule has 3 aliphatic rings.